The van der Waals surface area contributed by atoms with Gasteiger partial charge in [0.05, 0.1) is 12.5 Å². The zero-order valence-electron chi connectivity index (χ0n) is 9.62. The first-order valence-electron chi connectivity index (χ1n) is 5.85. The maximum Gasteiger partial charge on any atom is 0.225 e. The largest absolute Gasteiger partial charge is 0.381 e. The van der Waals surface area contributed by atoms with Crippen molar-refractivity contribution in [3.63, 3.8) is 0 Å². The lowest BCUT2D eigenvalue weighted by Gasteiger charge is -2.21. The molecule has 1 saturated heterocycles. The van der Waals surface area contributed by atoms with Crippen LogP contribution in [0.15, 0.2) is 24.3 Å². The molecule has 4 heteroatoms. The summed E-state index contributed by atoms with van der Waals surface area (Å²) in [5, 5.41) is 3.64. The van der Waals surface area contributed by atoms with Crippen molar-refractivity contribution in [1.29, 1.82) is 0 Å². The number of ether oxygens (including phenoxy) is 1. The molecule has 1 N–H and O–H groups in total. The molecule has 3 nitrogen and oxygen atoms in total. The Kier molecular flexibility index (Phi) is 4.40. The van der Waals surface area contributed by atoms with Crippen LogP contribution in [0.4, 0.5) is 0 Å². The second-order valence-corrected chi connectivity index (χ2v) is 4.69. The summed E-state index contributed by atoms with van der Waals surface area (Å²) >= 11 is 5.79. The van der Waals surface area contributed by atoms with Crippen LogP contribution in [0, 0.1) is 5.92 Å². The monoisotopic (exact) mass is 253 g/mol. The molecular weight excluding hydrogens is 238 g/mol. The molecule has 1 amide bonds. The van der Waals surface area contributed by atoms with E-state index in [2.05, 4.69) is 5.32 Å². The molecule has 0 bridgehead atoms. The van der Waals surface area contributed by atoms with Crippen molar-refractivity contribution in [1.82, 2.24) is 5.32 Å². The highest BCUT2D eigenvalue weighted by Gasteiger charge is 2.21. The summed E-state index contributed by atoms with van der Waals surface area (Å²) < 4.78 is 5.29. The fourth-order valence-electron chi connectivity index (χ4n) is 1.88. The molecule has 1 aliphatic rings. The van der Waals surface area contributed by atoms with Crippen LogP contribution in [-0.2, 0) is 16.1 Å². The third-order valence-corrected chi connectivity index (χ3v) is 3.16. The second-order valence-electron chi connectivity index (χ2n) is 4.26. The van der Waals surface area contributed by atoms with E-state index in [1.807, 2.05) is 24.3 Å². The first-order chi connectivity index (χ1) is 8.25. The number of hydrogen-bond donors (Lipinski definition) is 1. The first kappa shape index (κ1) is 12.4. The standard InChI is InChI=1S/C13H16ClNO2/c14-12-5-3-10(4-6-12)8-15-13(16)11-2-1-7-17-9-11/h3-6,11H,1-2,7-9H2,(H,15,16). The van der Waals surface area contributed by atoms with E-state index in [-0.39, 0.29) is 11.8 Å². The molecule has 1 heterocycles. The molecular formula is C13H16ClNO2. The minimum absolute atomic E-state index is 0.0102. The highest BCUT2D eigenvalue weighted by atomic mass is 35.5. The predicted octanol–water partition coefficient (Wildman–Crippen LogP) is 2.38. The summed E-state index contributed by atoms with van der Waals surface area (Å²) in [5.74, 6) is 0.0932. The van der Waals surface area contributed by atoms with E-state index in [4.69, 9.17) is 16.3 Å². The second kappa shape index (κ2) is 6.03. The van der Waals surface area contributed by atoms with Gasteiger partial charge in [0.25, 0.3) is 0 Å². The average molecular weight is 254 g/mol. The summed E-state index contributed by atoms with van der Waals surface area (Å²) in [6, 6.07) is 7.49. The number of hydrogen-bond acceptors (Lipinski definition) is 2. The maximum atomic E-state index is 11.8. The Labute approximate surface area is 106 Å². The van der Waals surface area contributed by atoms with Crippen LogP contribution < -0.4 is 5.32 Å². The van der Waals surface area contributed by atoms with Crippen LogP contribution in [0.3, 0.4) is 0 Å². The van der Waals surface area contributed by atoms with Crippen LogP contribution in [0.1, 0.15) is 18.4 Å². The van der Waals surface area contributed by atoms with E-state index < -0.39 is 0 Å². The van der Waals surface area contributed by atoms with E-state index in [1.165, 1.54) is 0 Å². The highest BCUT2D eigenvalue weighted by molar-refractivity contribution is 6.30. The van der Waals surface area contributed by atoms with E-state index in [0.717, 1.165) is 25.0 Å². The van der Waals surface area contributed by atoms with Crippen LogP contribution in [-0.4, -0.2) is 19.1 Å². The van der Waals surface area contributed by atoms with Crippen molar-refractivity contribution < 1.29 is 9.53 Å². The zero-order chi connectivity index (χ0) is 12.1. The average Bonchev–Trinajstić information content (AvgIpc) is 2.39. The van der Waals surface area contributed by atoms with Crippen molar-refractivity contribution in [3.8, 4) is 0 Å². The number of carbonyl (C=O) groups is 1. The van der Waals surface area contributed by atoms with E-state index >= 15 is 0 Å². The van der Waals surface area contributed by atoms with Gasteiger partial charge in [0.15, 0.2) is 0 Å². The lowest BCUT2D eigenvalue weighted by molar-refractivity contribution is -0.129. The van der Waals surface area contributed by atoms with Crippen LogP contribution in [0.2, 0.25) is 5.02 Å². The topological polar surface area (TPSA) is 38.3 Å². The van der Waals surface area contributed by atoms with Gasteiger partial charge in [-0.3, -0.25) is 4.79 Å². The van der Waals surface area contributed by atoms with Crippen molar-refractivity contribution in [3.05, 3.63) is 34.9 Å². The number of benzene rings is 1. The molecule has 1 unspecified atom stereocenters. The Bertz CT molecular complexity index is 372. The molecule has 17 heavy (non-hydrogen) atoms. The van der Waals surface area contributed by atoms with Gasteiger partial charge in [0.1, 0.15) is 0 Å². The quantitative estimate of drug-likeness (QED) is 0.898. The molecule has 0 aromatic heterocycles. The molecule has 0 spiro atoms. The third kappa shape index (κ3) is 3.72. The van der Waals surface area contributed by atoms with E-state index in [9.17, 15) is 4.79 Å². The fourth-order valence-corrected chi connectivity index (χ4v) is 2.01. The lowest BCUT2D eigenvalue weighted by atomic mass is 10.0. The van der Waals surface area contributed by atoms with E-state index in [0.29, 0.717) is 18.2 Å². The molecule has 2 rings (SSSR count). The molecule has 0 radical (unpaired) electrons. The van der Waals surface area contributed by atoms with Crippen molar-refractivity contribution in [2.45, 2.75) is 19.4 Å². The van der Waals surface area contributed by atoms with Gasteiger partial charge < -0.3 is 10.1 Å². The maximum absolute atomic E-state index is 11.8. The molecule has 0 saturated carbocycles. The smallest absolute Gasteiger partial charge is 0.225 e. The van der Waals surface area contributed by atoms with Gasteiger partial charge in [0, 0.05) is 18.2 Å². The third-order valence-electron chi connectivity index (χ3n) is 2.91. The summed E-state index contributed by atoms with van der Waals surface area (Å²) in [7, 11) is 0. The molecule has 0 aliphatic carbocycles. The Morgan fingerprint density at radius 2 is 2.18 bits per heavy atom. The summed E-state index contributed by atoms with van der Waals surface area (Å²) in [5.41, 5.74) is 1.06. The van der Waals surface area contributed by atoms with Gasteiger partial charge in [-0.05, 0) is 30.5 Å². The Morgan fingerprint density at radius 1 is 1.41 bits per heavy atom. The van der Waals surface area contributed by atoms with Crippen LogP contribution in [0.25, 0.3) is 0 Å². The van der Waals surface area contributed by atoms with Gasteiger partial charge in [-0.15, -0.1) is 0 Å². The SMILES string of the molecule is O=C(NCc1ccc(Cl)cc1)C1CCCOC1. The number of carbonyl (C=O) groups excluding carboxylic acids is 1. The van der Waals surface area contributed by atoms with E-state index in [1.54, 1.807) is 0 Å². The van der Waals surface area contributed by atoms with Gasteiger partial charge in [-0.2, -0.15) is 0 Å². The zero-order valence-corrected chi connectivity index (χ0v) is 10.4. The van der Waals surface area contributed by atoms with Crippen molar-refractivity contribution >= 4 is 17.5 Å². The number of nitrogens with one attached hydrogen (secondary N) is 1. The Hall–Kier alpha value is -1.06. The van der Waals surface area contributed by atoms with Crippen molar-refractivity contribution in [2.75, 3.05) is 13.2 Å². The molecule has 92 valence electrons. The van der Waals surface area contributed by atoms with Gasteiger partial charge in [-0.25, -0.2) is 0 Å². The highest BCUT2D eigenvalue weighted by Crippen LogP contribution is 2.14. The molecule has 1 atom stereocenters. The van der Waals surface area contributed by atoms with Gasteiger partial charge >= 0.3 is 0 Å². The summed E-state index contributed by atoms with van der Waals surface area (Å²) in [4.78, 5) is 11.8. The van der Waals surface area contributed by atoms with Crippen LogP contribution >= 0.6 is 11.6 Å². The van der Waals surface area contributed by atoms with Crippen molar-refractivity contribution in [2.24, 2.45) is 5.92 Å². The predicted molar refractivity (Wildman–Crippen MR) is 66.8 cm³/mol. The molecule has 1 aliphatic heterocycles. The minimum Gasteiger partial charge on any atom is -0.381 e. The summed E-state index contributed by atoms with van der Waals surface area (Å²) in [6.45, 7) is 1.87. The number of rotatable bonds is 3. The summed E-state index contributed by atoms with van der Waals surface area (Å²) in [6.07, 6.45) is 1.89. The lowest BCUT2D eigenvalue weighted by Crippen LogP contribution is -2.35. The number of amides is 1. The first-order valence-corrected chi connectivity index (χ1v) is 6.23. The Balaban J connectivity index is 1.81. The number of halogens is 1. The fraction of sp³-hybridized carbons (Fsp3) is 0.462. The van der Waals surface area contributed by atoms with Gasteiger partial charge in [0.2, 0.25) is 5.91 Å². The molecule has 1 fully saturated rings. The van der Waals surface area contributed by atoms with Crippen LogP contribution in [0.5, 0.6) is 0 Å². The minimum atomic E-state index is 0.0102. The normalized spacial score (nSPS) is 19.9. The van der Waals surface area contributed by atoms with Gasteiger partial charge in [-0.1, -0.05) is 23.7 Å². The Morgan fingerprint density at radius 3 is 2.82 bits per heavy atom. The molecule has 1 aromatic carbocycles. The molecule has 1 aromatic rings.